The lowest BCUT2D eigenvalue weighted by atomic mass is 10.1. The second-order valence-corrected chi connectivity index (χ2v) is 8.46. The summed E-state index contributed by atoms with van der Waals surface area (Å²) in [5.41, 5.74) is 7.27. The topological polar surface area (TPSA) is 43.2 Å². The van der Waals surface area contributed by atoms with E-state index in [1.807, 2.05) is 6.07 Å². The Bertz CT molecular complexity index is 1150. The SMILES string of the molecule is c1cc(C2=NC3c4ccccc4CC3O2)cc(C2=NC3c4ccccc4CC3O2)c1. The first kappa shape index (κ1) is 16.4. The first-order valence-electron chi connectivity index (χ1n) is 10.6. The third kappa shape index (κ3) is 2.34. The first-order chi connectivity index (χ1) is 14.8. The van der Waals surface area contributed by atoms with Crippen LogP contribution in [-0.2, 0) is 22.3 Å². The highest BCUT2D eigenvalue weighted by molar-refractivity contribution is 6.01. The zero-order valence-electron chi connectivity index (χ0n) is 16.4. The molecule has 4 nitrogen and oxygen atoms in total. The predicted molar refractivity (Wildman–Crippen MR) is 115 cm³/mol. The van der Waals surface area contributed by atoms with E-state index in [1.54, 1.807) is 0 Å². The molecule has 146 valence electrons. The van der Waals surface area contributed by atoms with Gasteiger partial charge in [-0.25, -0.2) is 9.98 Å². The molecule has 0 N–H and O–H groups in total. The average Bonchev–Trinajstić information content (AvgIpc) is 3.52. The highest BCUT2D eigenvalue weighted by Crippen LogP contribution is 2.42. The molecular formula is C26H20N2O2. The van der Waals surface area contributed by atoms with Crippen molar-refractivity contribution >= 4 is 11.8 Å². The molecule has 0 saturated carbocycles. The van der Waals surface area contributed by atoms with E-state index in [2.05, 4.69) is 66.7 Å². The Kier molecular flexibility index (Phi) is 3.31. The lowest BCUT2D eigenvalue weighted by Gasteiger charge is -2.11. The average molecular weight is 392 g/mol. The maximum Gasteiger partial charge on any atom is 0.217 e. The molecule has 0 bridgehead atoms. The van der Waals surface area contributed by atoms with Gasteiger partial charge < -0.3 is 9.47 Å². The Morgan fingerprint density at radius 1 is 0.600 bits per heavy atom. The fraction of sp³-hybridized carbons (Fsp3) is 0.231. The molecule has 4 aliphatic rings. The largest absolute Gasteiger partial charge is 0.471 e. The Morgan fingerprint density at radius 2 is 1.10 bits per heavy atom. The van der Waals surface area contributed by atoms with Crippen molar-refractivity contribution in [1.29, 1.82) is 0 Å². The second-order valence-electron chi connectivity index (χ2n) is 8.46. The Morgan fingerprint density at radius 3 is 1.63 bits per heavy atom. The number of hydrogen-bond donors (Lipinski definition) is 0. The number of hydrogen-bond acceptors (Lipinski definition) is 4. The van der Waals surface area contributed by atoms with Gasteiger partial charge in [0.1, 0.15) is 24.3 Å². The Labute approximate surface area is 174 Å². The van der Waals surface area contributed by atoms with Crippen LogP contribution in [0.15, 0.2) is 82.8 Å². The van der Waals surface area contributed by atoms with Crippen LogP contribution in [0.25, 0.3) is 0 Å². The van der Waals surface area contributed by atoms with Crippen molar-refractivity contribution in [1.82, 2.24) is 0 Å². The number of benzene rings is 3. The van der Waals surface area contributed by atoms with E-state index in [1.165, 1.54) is 22.3 Å². The third-order valence-electron chi connectivity index (χ3n) is 6.69. The molecule has 3 aromatic carbocycles. The molecule has 4 atom stereocenters. The molecule has 0 radical (unpaired) electrons. The molecule has 0 fully saturated rings. The lowest BCUT2D eigenvalue weighted by molar-refractivity contribution is 0.206. The zero-order valence-corrected chi connectivity index (χ0v) is 16.4. The van der Waals surface area contributed by atoms with Gasteiger partial charge in [-0.05, 0) is 40.5 Å². The Balaban J connectivity index is 1.20. The molecule has 4 heteroatoms. The van der Waals surface area contributed by atoms with Gasteiger partial charge in [-0.1, -0.05) is 54.6 Å². The van der Waals surface area contributed by atoms with Gasteiger partial charge in [-0.2, -0.15) is 0 Å². The number of nitrogens with zero attached hydrogens (tertiary/aromatic N) is 2. The predicted octanol–water partition coefficient (Wildman–Crippen LogP) is 4.57. The minimum absolute atomic E-state index is 0.107. The summed E-state index contributed by atoms with van der Waals surface area (Å²) in [5, 5.41) is 0. The summed E-state index contributed by atoms with van der Waals surface area (Å²) in [6.45, 7) is 0. The van der Waals surface area contributed by atoms with Crippen LogP contribution in [0.4, 0.5) is 0 Å². The number of aliphatic imine (C=N–C) groups is 2. The number of ether oxygens (including phenoxy) is 2. The molecule has 2 heterocycles. The smallest absolute Gasteiger partial charge is 0.217 e. The van der Waals surface area contributed by atoms with Crippen LogP contribution in [0, 0.1) is 0 Å². The van der Waals surface area contributed by atoms with Gasteiger partial charge in [-0.15, -0.1) is 0 Å². The molecule has 7 rings (SSSR count). The van der Waals surface area contributed by atoms with Gasteiger partial charge in [-0.3, -0.25) is 0 Å². The summed E-state index contributed by atoms with van der Waals surface area (Å²) < 4.78 is 12.5. The van der Waals surface area contributed by atoms with E-state index >= 15 is 0 Å². The first-order valence-corrected chi connectivity index (χ1v) is 10.6. The minimum Gasteiger partial charge on any atom is -0.471 e. The molecule has 4 unspecified atom stereocenters. The fourth-order valence-corrected chi connectivity index (χ4v) is 5.26. The van der Waals surface area contributed by atoms with Crippen LogP contribution in [0.1, 0.15) is 45.5 Å². The molecular weight excluding hydrogens is 372 g/mol. The minimum atomic E-state index is 0.107. The maximum absolute atomic E-state index is 6.26. The van der Waals surface area contributed by atoms with Crippen molar-refractivity contribution in [3.63, 3.8) is 0 Å². The van der Waals surface area contributed by atoms with Gasteiger partial charge in [0.05, 0.1) is 0 Å². The van der Waals surface area contributed by atoms with E-state index in [4.69, 9.17) is 19.5 Å². The van der Waals surface area contributed by atoms with Crippen LogP contribution in [0.3, 0.4) is 0 Å². The van der Waals surface area contributed by atoms with Gasteiger partial charge in [0.25, 0.3) is 0 Å². The van der Waals surface area contributed by atoms with Crippen molar-refractivity contribution in [3.05, 3.63) is 106 Å². The summed E-state index contributed by atoms with van der Waals surface area (Å²) in [4.78, 5) is 9.86. The quantitative estimate of drug-likeness (QED) is 0.641. The molecule has 2 aliphatic heterocycles. The van der Waals surface area contributed by atoms with Crippen molar-refractivity contribution in [2.75, 3.05) is 0 Å². The highest BCUT2D eigenvalue weighted by Gasteiger charge is 2.41. The molecule has 30 heavy (non-hydrogen) atoms. The van der Waals surface area contributed by atoms with Crippen molar-refractivity contribution in [3.8, 4) is 0 Å². The number of rotatable bonds is 2. The Hall–Kier alpha value is -3.40. The van der Waals surface area contributed by atoms with E-state index in [0.29, 0.717) is 0 Å². The van der Waals surface area contributed by atoms with Crippen molar-refractivity contribution in [2.24, 2.45) is 9.98 Å². The van der Waals surface area contributed by atoms with E-state index < -0.39 is 0 Å². The molecule has 0 spiro atoms. The van der Waals surface area contributed by atoms with Gasteiger partial charge in [0.2, 0.25) is 11.8 Å². The van der Waals surface area contributed by atoms with Crippen molar-refractivity contribution < 1.29 is 9.47 Å². The monoisotopic (exact) mass is 392 g/mol. The summed E-state index contributed by atoms with van der Waals surface area (Å²) >= 11 is 0. The van der Waals surface area contributed by atoms with Gasteiger partial charge in [0, 0.05) is 24.0 Å². The molecule has 0 amide bonds. The van der Waals surface area contributed by atoms with Gasteiger partial charge >= 0.3 is 0 Å². The van der Waals surface area contributed by atoms with Crippen LogP contribution in [-0.4, -0.2) is 24.0 Å². The molecule has 0 saturated heterocycles. The highest BCUT2D eigenvalue weighted by atomic mass is 16.5. The van der Waals surface area contributed by atoms with Crippen molar-refractivity contribution in [2.45, 2.75) is 37.1 Å². The van der Waals surface area contributed by atoms with Crippen LogP contribution in [0.2, 0.25) is 0 Å². The second kappa shape index (κ2) is 6.05. The van der Waals surface area contributed by atoms with E-state index in [0.717, 1.165) is 35.8 Å². The van der Waals surface area contributed by atoms with E-state index in [9.17, 15) is 0 Å². The molecule has 0 aromatic heterocycles. The van der Waals surface area contributed by atoms with Crippen LogP contribution >= 0.6 is 0 Å². The fourth-order valence-electron chi connectivity index (χ4n) is 5.26. The van der Waals surface area contributed by atoms with Crippen LogP contribution < -0.4 is 0 Å². The third-order valence-corrected chi connectivity index (χ3v) is 6.69. The maximum atomic E-state index is 6.26. The normalized spacial score (nSPS) is 27.3. The van der Waals surface area contributed by atoms with Gasteiger partial charge in [0.15, 0.2) is 0 Å². The molecule has 3 aromatic rings. The lowest BCUT2D eigenvalue weighted by Crippen LogP contribution is -2.15. The van der Waals surface area contributed by atoms with E-state index in [-0.39, 0.29) is 24.3 Å². The standard InChI is InChI=1S/C26H20N2O2/c1-3-10-19-15(6-1)13-21-23(19)27-25(29-21)17-8-5-9-18(12-17)26-28-24-20-11-4-2-7-16(20)14-22(24)30-26/h1-12,21-24H,13-14H2. The number of fused-ring (bicyclic) bond motifs is 6. The summed E-state index contributed by atoms with van der Waals surface area (Å²) in [7, 11) is 0. The zero-order chi connectivity index (χ0) is 19.7. The summed E-state index contributed by atoms with van der Waals surface area (Å²) in [5.74, 6) is 1.45. The molecule has 2 aliphatic carbocycles. The summed E-state index contributed by atoms with van der Waals surface area (Å²) in [6.07, 6.45) is 2.06. The summed E-state index contributed by atoms with van der Waals surface area (Å²) in [6, 6.07) is 25.5. The van der Waals surface area contributed by atoms with Crippen LogP contribution in [0.5, 0.6) is 0 Å².